The Bertz CT molecular complexity index is 691. The Kier molecular flexibility index (Phi) is 4.98. The van der Waals surface area contributed by atoms with E-state index < -0.39 is 47.3 Å². The lowest BCUT2D eigenvalue weighted by molar-refractivity contribution is -0.135. The van der Waals surface area contributed by atoms with E-state index in [9.17, 15) is 27.2 Å². The van der Waals surface area contributed by atoms with Crippen molar-refractivity contribution in [2.45, 2.75) is 68.9 Å². The molecule has 7 nitrogen and oxygen atoms in total. The Morgan fingerprint density at radius 2 is 1.82 bits per heavy atom. The molecular formula is C17H22F4N4O3. The molecule has 0 radical (unpaired) electrons. The Hall–Kier alpha value is -2.09. The van der Waals surface area contributed by atoms with Gasteiger partial charge in [-0.2, -0.15) is 5.26 Å². The van der Waals surface area contributed by atoms with E-state index in [0.717, 1.165) is 0 Å². The molecule has 0 aromatic carbocycles. The van der Waals surface area contributed by atoms with Crippen molar-refractivity contribution in [3.8, 4) is 6.07 Å². The largest absolute Gasteiger partial charge is 0.426 e. The molecule has 1 heterocycles. The van der Waals surface area contributed by atoms with E-state index in [2.05, 4.69) is 10.6 Å². The van der Waals surface area contributed by atoms with E-state index in [1.807, 2.05) is 6.07 Å². The fraction of sp³-hybridized carbons (Fsp3) is 0.824. The summed E-state index contributed by atoms with van der Waals surface area (Å²) in [5, 5.41) is 14.7. The molecule has 3 rings (SSSR count). The second kappa shape index (κ2) is 6.76. The molecule has 2 aliphatic carbocycles. The quantitative estimate of drug-likeness (QED) is 0.661. The molecule has 2 saturated carbocycles. The summed E-state index contributed by atoms with van der Waals surface area (Å²) < 4.78 is 53.6. The molecule has 0 aromatic rings. The lowest BCUT2D eigenvalue weighted by Crippen LogP contribution is -2.53. The summed E-state index contributed by atoms with van der Waals surface area (Å²) in [5.74, 6) is -6.82. The highest BCUT2D eigenvalue weighted by molar-refractivity contribution is 5.86. The molecule has 0 unspecified atom stereocenters. The first-order valence-corrected chi connectivity index (χ1v) is 9.12. The molecule has 0 bridgehead atoms. The van der Waals surface area contributed by atoms with Crippen LogP contribution in [0.1, 0.15) is 45.4 Å². The van der Waals surface area contributed by atoms with E-state index in [-0.39, 0.29) is 32.4 Å². The first-order valence-electron chi connectivity index (χ1n) is 9.12. The van der Waals surface area contributed by atoms with Gasteiger partial charge in [0.25, 0.3) is 5.92 Å². The summed E-state index contributed by atoms with van der Waals surface area (Å²) in [4.78, 5) is 29.3. The molecule has 28 heavy (non-hydrogen) atoms. The summed E-state index contributed by atoms with van der Waals surface area (Å²) in [6.45, 7) is 0.806. The normalized spacial score (nSPS) is 25.3. The maximum atomic E-state index is 13.4. The van der Waals surface area contributed by atoms with Crippen LogP contribution in [0, 0.1) is 16.7 Å². The highest BCUT2D eigenvalue weighted by atomic mass is 19.3. The number of hydrogen-bond acceptors (Lipinski definition) is 5. The van der Waals surface area contributed by atoms with Crippen LogP contribution >= 0.6 is 0 Å². The summed E-state index contributed by atoms with van der Waals surface area (Å²) in [6.07, 6.45) is -1.11. The molecule has 11 heteroatoms. The third-order valence-electron chi connectivity index (χ3n) is 5.60. The third kappa shape index (κ3) is 4.48. The SMILES string of the molecule is CC(F)(F)C[C@H](NC(=O)ON1CCC2(CC1)CC2(F)F)C(=O)NC1(C#N)CC1. The van der Waals surface area contributed by atoms with Crippen LogP contribution in [0.25, 0.3) is 0 Å². The number of carbonyl (C=O) groups is 2. The zero-order valence-corrected chi connectivity index (χ0v) is 15.4. The van der Waals surface area contributed by atoms with Crippen LogP contribution in [-0.2, 0) is 9.63 Å². The second-order valence-electron chi connectivity index (χ2n) is 8.12. The van der Waals surface area contributed by atoms with Crippen molar-refractivity contribution in [2.75, 3.05) is 13.1 Å². The minimum Gasteiger partial charge on any atom is -0.351 e. The standard InChI is InChI=1S/C17H22F4N4O3/c1-14(18,19)8-11(12(26)24-16(10-22)2-3-16)23-13(27)28-25-6-4-15(5-7-25)9-17(15,20)21/h11H,2-9H2,1H3,(H,23,27)(H,24,26)/t11-/m0/s1. The number of halogens is 4. The van der Waals surface area contributed by atoms with Gasteiger partial charge in [0.1, 0.15) is 11.6 Å². The Balaban J connectivity index is 1.52. The first kappa shape index (κ1) is 20.6. The van der Waals surface area contributed by atoms with Crippen LogP contribution in [0.5, 0.6) is 0 Å². The molecule has 1 aliphatic heterocycles. The van der Waals surface area contributed by atoms with E-state index >= 15 is 0 Å². The number of amides is 2. The van der Waals surface area contributed by atoms with Crippen LogP contribution in [0.15, 0.2) is 0 Å². The highest BCUT2D eigenvalue weighted by Gasteiger charge is 2.70. The van der Waals surface area contributed by atoms with Crippen LogP contribution in [0.3, 0.4) is 0 Å². The lowest BCUT2D eigenvalue weighted by atomic mass is 9.94. The van der Waals surface area contributed by atoms with Gasteiger partial charge >= 0.3 is 6.09 Å². The second-order valence-corrected chi connectivity index (χ2v) is 8.12. The zero-order valence-electron chi connectivity index (χ0n) is 15.4. The zero-order chi connectivity index (χ0) is 20.8. The van der Waals surface area contributed by atoms with Crippen molar-refractivity contribution in [2.24, 2.45) is 5.41 Å². The van der Waals surface area contributed by atoms with Gasteiger partial charge < -0.3 is 15.5 Å². The fourth-order valence-electron chi connectivity index (χ4n) is 3.50. The molecule has 2 N–H and O–H groups in total. The van der Waals surface area contributed by atoms with E-state index in [4.69, 9.17) is 10.1 Å². The van der Waals surface area contributed by atoms with E-state index in [1.54, 1.807) is 0 Å². The number of piperidine rings is 1. The number of nitriles is 1. The topological polar surface area (TPSA) is 94.5 Å². The number of nitrogens with zero attached hydrogens (tertiary/aromatic N) is 2. The van der Waals surface area contributed by atoms with Crippen molar-refractivity contribution >= 4 is 12.0 Å². The molecule has 3 fully saturated rings. The fourth-order valence-corrected chi connectivity index (χ4v) is 3.50. The van der Waals surface area contributed by atoms with Gasteiger partial charge in [-0.1, -0.05) is 0 Å². The van der Waals surface area contributed by atoms with Gasteiger partial charge in [-0.3, -0.25) is 4.79 Å². The average molecular weight is 406 g/mol. The molecule has 1 atom stereocenters. The highest BCUT2D eigenvalue weighted by Crippen LogP contribution is 2.65. The number of hydroxylamine groups is 2. The lowest BCUT2D eigenvalue weighted by Gasteiger charge is -2.31. The smallest absolute Gasteiger partial charge is 0.351 e. The number of rotatable bonds is 6. The van der Waals surface area contributed by atoms with Gasteiger partial charge in [-0.15, -0.1) is 5.06 Å². The average Bonchev–Trinajstić information content (AvgIpc) is 3.45. The van der Waals surface area contributed by atoms with Gasteiger partial charge in [-0.05, 0) is 32.6 Å². The predicted octanol–water partition coefficient (Wildman–Crippen LogP) is 2.34. The summed E-state index contributed by atoms with van der Waals surface area (Å²) in [5.41, 5.74) is -2.09. The minimum absolute atomic E-state index is 0.0986. The summed E-state index contributed by atoms with van der Waals surface area (Å²) in [7, 11) is 0. The third-order valence-corrected chi connectivity index (χ3v) is 5.60. The molecule has 1 spiro atoms. The maximum Gasteiger partial charge on any atom is 0.426 e. The van der Waals surface area contributed by atoms with Gasteiger partial charge in [0, 0.05) is 31.3 Å². The number of carbonyl (C=O) groups excluding carboxylic acids is 2. The Morgan fingerprint density at radius 1 is 1.25 bits per heavy atom. The van der Waals surface area contributed by atoms with Crippen LogP contribution in [0.2, 0.25) is 0 Å². The molecular weight excluding hydrogens is 384 g/mol. The van der Waals surface area contributed by atoms with Crippen LogP contribution in [-0.4, -0.2) is 53.6 Å². The van der Waals surface area contributed by atoms with Gasteiger partial charge in [0.15, 0.2) is 0 Å². The van der Waals surface area contributed by atoms with E-state index in [0.29, 0.717) is 19.8 Å². The van der Waals surface area contributed by atoms with Crippen molar-refractivity contribution in [3.63, 3.8) is 0 Å². The van der Waals surface area contributed by atoms with Crippen molar-refractivity contribution in [1.82, 2.24) is 15.7 Å². The van der Waals surface area contributed by atoms with Gasteiger partial charge in [-0.25, -0.2) is 22.4 Å². The Morgan fingerprint density at radius 3 is 2.25 bits per heavy atom. The molecule has 0 aromatic heterocycles. The van der Waals surface area contributed by atoms with Crippen LogP contribution < -0.4 is 10.6 Å². The van der Waals surface area contributed by atoms with Crippen molar-refractivity contribution in [1.29, 1.82) is 5.26 Å². The summed E-state index contributed by atoms with van der Waals surface area (Å²) >= 11 is 0. The monoisotopic (exact) mass is 406 g/mol. The van der Waals surface area contributed by atoms with Gasteiger partial charge in [0.05, 0.1) is 6.07 Å². The predicted molar refractivity (Wildman–Crippen MR) is 87.2 cm³/mol. The van der Waals surface area contributed by atoms with Crippen LogP contribution in [0.4, 0.5) is 22.4 Å². The molecule has 1 saturated heterocycles. The molecule has 2 amide bonds. The van der Waals surface area contributed by atoms with E-state index in [1.165, 1.54) is 5.06 Å². The molecule has 156 valence electrons. The maximum absolute atomic E-state index is 13.4. The molecule has 3 aliphatic rings. The Labute approximate surface area is 159 Å². The summed E-state index contributed by atoms with van der Waals surface area (Å²) in [6, 6.07) is 0.312. The number of hydrogen-bond donors (Lipinski definition) is 2. The van der Waals surface area contributed by atoms with Gasteiger partial charge in [0.2, 0.25) is 11.8 Å². The number of alkyl halides is 4. The number of nitrogens with one attached hydrogen (secondary N) is 2. The minimum atomic E-state index is -3.24. The van der Waals surface area contributed by atoms with Crippen molar-refractivity contribution in [3.05, 3.63) is 0 Å². The van der Waals surface area contributed by atoms with Crippen molar-refractivity contribution < 1.29 is 32.0 Å². The first-order chi connectivity index (χ1) is 12.9.